The number of nitrogens with zero attached hydrogens (tertiary/aromatic N) is 1. The van der Waals surface area contributed by atoms with E-state index >= 15 is 0 Å². The molecule has 1 aromatic carbocycles. The minimum atomic E-state index is -0.313. The number of hydrogen-bond donors (Lipinski definition) is 0. The number of halogens is 2. The number of carbonyl (C=O) groups is 2. The lowest BCUT2D eigenvalue weighted by Gasteiger charge is -2.31. The molecule has 0 unspecified atom stereocenters. The van der Waals surface area contributed by atoms with Crippen molar-refractivity contribution in [1.29, 1.82) is 0 Å². The van der Waals surface area contributed by atoms with Crippen molar-refractivity contribution in [1.82, 2.24) is 4.90 Å². The summed E-state index contributed by atoms with van der Waals surface area (Å²) < 4.78 is 12.9. The highest BCUT2D eigenvalue weighted by molar-refractivity contribution is 8.93. The van der Waals surface area contributed by atoms with E-state index in [9.17, 15) is 14.0 Å². The summed E-state index contributed by atoms with van der Waals surface area (Å²) in [6.45, 7) is 4.34. The maximum Gasteiger partial charge on any atom is 0.166 e. The molecule has 5 heteroatoms. The topological polar surface area (TPSA) is 37.4 Å². The maximum atomic E-state index is 12.9. The molecule has 0 N–H and O–H groups in total. The van der Waals surface area contributed by atoms with Crippen LogP contribution >= 0.6 is 17.0 Å². The summed E-state index contributed by atoms with van der Waals surface area (Å²) in [6, 6.07) is 5.81. The SMILES string of the molecule is Br.CC(=O)CCCN1CCC(C(=O)c2ccc(F)cc2)CC1. The first kappa shape index (κ1) is 19.0. The second kappa shape index (κ2) is 9.16. The van der Waals surface area contributed by atoms with Gasteiger partial charge in [-0.05, 0) is 70.1 Å². The Labute approximate surface area is 141 Å². The molecule has 0 aliphatic carbocycles. The van der Waals surface area contributed by atoms with Crippen molar-refractivity contribution in [3.8, 4) is 0 Å². The number of likely N-dealkylation sites (tertiary alicyclic amines) is 1. The van der Waals surface area contributed by atoms with Crippen molar-refractivity contribution in [3.05, 3.63) is 35.6 Å². The minimum Gasteiger partial charge on any atom is -0.303 e. The van der Waals surface area contributed by atoms with E-state index in [-0.39, 0.29) is 40.3 Å². The van der Waals surface area contributed by atoms with Crippen LogP contribution in [0.5, 0.6) is 0 Å². The lowest BCUT2D eigenvalue weighted by atomic mass is 9.89. The molecule has 1 aliphatic heterocycles. The zero-order chi connectivity index (χ0) is 15.2. The molecule has 1 aromatic rings. The van der Waals surface area contributed by atoms with E-state index in [2.05, 4.69) is 4.90 Å². The molecule has 1 heterocycles. The Morgan fingerprint density at radius 3 is 2.32 bits per heavy atom. The van der Waals surface area contributed by atoms with Gasteiger partial charge in [-0.1, -0.05) is 0 Å². The van der Waals surface area contributed by atoms with E-state index in [1.165, 1.54) is 12.1 Å². The van der Waals surface area contributed by atoms with Gasteiger partial charge in [0.05, 0.1) is 0 Å². The fourth-order valence-corrected chi connectivity index (χ4v) is 2.82. The van der Waals surface area contributed by atoms with E-state index in [0.29, 0.717) is 12.0 Å². The van der Waals surface area contributed by atoms with E-state index in [4.69, 9.17) is 0 Å². The van der Waals surface area contributed by atoms with Crippen LogP contribution in [-0.2, 0) is 4.79 Å². The van der Waals surface area contributed by atoms with E-state index in [1.54, 1.807) is 19.1 Å². The Kier molecular flexibility index (Phi) is 7.90. The third-order valence-corrected chi connectivity index (χ3v) is 4.09. The van der Waals surface area contributed by atoms with Gasteiger partial charge in [-0.25, -0.2) is 4.39 Å². The van der Waals surface area contributed by atoms with Crippen LogP contribution in [0.1, 0.15) is 43.0 Å². The second-order valence-corrected chi connectivity index (χ2v) is 5.79. The normalized spacial score (nSPS) is 16.1. The van der Waals surface area contributed by atoms with E-state index < -0.39 is 0 Å². The number of ketones is 2. The number of piperidine rings is 1. The quantitative estimate of drug-likeness (QED) is 0.716. The summed E-state index contributed by atoms with van der Waals surface area (Å²) in [5.74, 6) is 0.0844. The molecule has 0 radical (unpaired) electrons. The fourth-order valence-electron chi connectivity index (χ4n) is 2.82. The van der Waals surface area contributed by atoms with Crippen molar-refractivity contribution in [3.63, 3.8) is 0 Å². The molecule has 1 saturated heterocycles. The summed E-state index contributed by atoms with van der Waals surface area (Å²) in [5, 5.41) is 0. The molecule has 22 heavy (non-hydrogen) atoms. The number of carbonyl (C=O) groups excluding carboxylic acids is 2. The van der Waals surface area contributed by atoms with Crippen LogP contribution in [0, 0.1) is 11.7 Å². The molecule has 2 rings (SSSR count). The first-order valence-corrected chi connectivity index (χ1v) is 7.58. The summed E-state index contributed by atoms with van der Waals surface area (Å²) in [4.78, 5) is 25.6. The Morgan fingerprint density at radius 2 is 1.77 bits per heavy atom. The van der Waals surface area contributed by atoms with Gasteiger partial charge in [0.15, 0.2) is 5.78 Å². The van der Waals surface area contributed by atoms with Gasteiger partial charge in [0, 0.05) is 17.9 Å². The van der Waals surface area contributed by atoms with Crippen LogP contribution < -0.4 is 0 Å². The van der Waals surface area contributed by atoms with Crippen LogP contribution in [0.15, 0.2) is 24.3 Å². The number of hydrogen-bond acceptors (Lipinski definition) is 3. The van der Waals surface area contributed by atoms with Gasteiger partial charge in [-0.3, -0.25) is 4.79 Å². The molecule has 1 aliphatic rings. The number of benzene rings is 1. The molecular weight excluding hydrogens is 349 g/mol. The van der Waals surface area contributed by atoms with Crippen molar-refractivity contribution in [2.75, 3.05) is 19.6 Å². The highest BCUT2D eigenvalue weighted by Gasteiger charge is 2.25. The van der Waals surface area contributed by atoms with E-state index in [1.807, 2.05) is 0 Å². The Balaban J connectivity index is 0.00000242. The molecule has 122 valence electrons. The first-order chi connectivity index (χ1) is 10.1. The minimum absolute atomic E-state index is 0. The average Bonchev–Trinajstić information content (AvgIpc) is 2.48. The smallest absolute Gasteiger partial charge is 0.166 e. The van der Waals surface area contributed by atoms with E-state index in [0.717, 1.165) is 38.9 Å². The standard InChI is InChI=1S/C17H22FNO2.BrH/c1-13(20)3-2-10-19-11-8-15(9-12-19)17(21)14-4-6-16(18)7-5-14;/h4-7,15H,2-3,8-12H2,1H3;1H. The van der Waals surface area contributed by atoms with Gasteiger partial charge in [0.2, 0.25) is 0 Å². The Morgan fingerprint density at radius 1 is 1.18 bits per heavy atom. The van der Waals surface area contributed by atoms with Gasteiger partial charge in [0.1, 0.15) is 11.6 Å². The van der Waals surface area contributed by atoms with Crippen LogP contribution in [0.4, 0.5) is 4.39 Å². The molecule has 0 spiro atoms. The van der Waals surface area contributed by atoms with Gasteiger partial charge >= 0.3 is 0 Å². The van der Waals surface area contributed by atoms with Crippen molar-refractivity contribution >= 4 is 28.5 Å². The summed E-state index contributed by atoms with van der Waals surface area (Å²) in [5.41, 5.74) is 0.603. The molecule has 1 fully saturated rings. The molecular formula is C17H23BrFNO2. The van der Waals surface area contributed by atoms with Crippen molar-refractivity contribution in [2.45, 2.75) is 32.6 Å². The first-order valence-electron chi connectivity index (χ1n) is 7.58. The van der Waals surface area contributed by atoms with Crippen molar-refractivity contribution < 1.29 is 14.0 Å². The Hall–Kier alpha value is -1.07. The number of rotatable bonds is 6. The molecule has 3 nitrogen and oxygen atoms in total. The van der Waals surface area contributed by atoms with Crippen molar-refractivity contribution in [2.24, 2.45) is 5.92 Å². The van der Waals surface area contributed by atoms with Gasteiger partial charge < -0.3 is 9.69 Å². The summed E-state index contributed by atoms with van der Waals surface area (Å²) in [6.07, 6.45) is 3.22. The maximum absolute atomic E-state index is 12.9. The summed E-state index contributed by atoms with van der Waals surface area (Å²) >= 11 is 0. The van der Waals surface area contributed by atoms with Crippen LogP contribution in [0.2, 0.25) is 0 Å². The van der Waals surface area contributed by atoms with Crippen LogP contribution in [0.25, 0.3) is 0 Å². The molecule has 0 atom stereocenters. The van der Waals surface area contributed by atoms with Crippen LogP contribution in [-0.4, -0.2) is 36.1 Å². The molecule has 0 saturated carbocycles. The molecule has 0 amide bonds. The third kappa shape index (κ3) is 5.61. The number of Topliss-reactive ketones (excluding diaryl/α,β-unsaturated/α-hetero) is 2. The lowest BCUT2D eigenvalue weighted by molar-refractivity contribution is -0.117. The third-order valence-electron chi connectivity index (χ3n) is 4.09. The Bertz CT molecular complexity index is 496. The monoisotopic (exact) mass is 371 g/mol. The lowest BCUT2D eigenvalue weighted by Crippen LogP contribution is -2.37. The molecule has 0 bridgehead atoms. The molecule has 0 aromatic heterocycles. The zero-order valence-electron chi connectivity index (χ0n) is 12.9. The van der Waals surface area contributed by atoms with Gasteiger partial charge in [-0.2, -0.15) is 0 Å². The summed E-state index contributed by atoms with van der Waals surface area (Å²) in [7, 11) is 0. The zero-order valence-corrected chi connectivity index (χ0v) is 14.6. The van der Waals surface area contributed by atoms with Gasteiger partial charge in [-0.15, -0.1) is 17.0 Å². The van der Waals surface area contributed by atoms with Crippen LogP contribution in [0.3, 0.4) is 0 Å². The second-order valence-electron chi connectivity index (χ2n) is 5.79. The average molecular weight is 372 g/mol. The highest BCUT2D eigenvalue weighted by atomic mass is 79.9. The van der Waals surface area contributed by atoms with Gasteiger partial charge in [0.25, 0.3) is 0 Å². The predicted molar refractivity (Wildman–Crippen MR) is 90.1 cm³/mol. The predicted octanol–water partition coefficient (Wildman–Crippen LogP) is 3.67. The fraction of sp³-hybridized carbons (Fsp3) is 0.529. The highest BCUT2D eigenvalue weighted by Crippen LogP contribution is 2.22. The largest absolute Gasteiger partial charge is 0.303 e.